The third-order valence-electron chi connectivity index (χ3n) is 4.26. The van der Waals surface area contributed by atoms with Crippen molar-refractivity contribution >= 4 is 33.5 Å². The number of Topliss-reactive ketones (excluding diaryl/α,β-unsaturated/α-hetero) is 1. The van der Waals surface area contributed by atoms with E-state index in [-0.39, 0.29) is 11.5 Å². The largest absolute Gasteiger partial charge is 0.411 e. The van der Waals surface area contributed by atoms with Gasteiger partial charge in [0.05, 0.1) is 11.3 Å². The molecule has 25 heavy (non-hydrogen) atoms. The fourth-order valence-corrected chi connectivity index (χ4v) is 4.08. The maximum Gasteiger partial charge on any atom is 0.277 e. The number of aryl methyl sites for hydroxylation is 2. The van der Waals surface area contributed by atoms with E-state index in [0.717, 1.165) is 28.4 Å². The molecule has 0 amide bonds. The first kappa shape index (κ1) is 16.5. The summed E-state index contributed by atoms with van der Waals surface area (Å²) in [5, 5.41) is 8.50. The van der Waals surface area contributed by atoms with E-state index in [9.17, 15) is 4.79 Å². The fourth-order valence-electron chi connectivity index (χ4n) is 2.97. The van der Waals surface area contributed by atoms with Gasteiger partial charge in [-0.2, -0.15) is 0 Å². The molecule has 0 fully saturated rings. The lowest BCUT2D eigenvalue weighted by Crippen LogP contribution is -2.03. The van der Waals surface area contributed by atoms with Crippen molar-refractivity contribution in [1.82, 2.24) is 10.2 Å². The Kier molecular flexibility index (Phi) is 4.72. The van der Waals surface area contributed by atoms with Gasteiger partial charge in [-0.1, -0.05) is 36.0 Å². The summed E-state index contributed by atoms with van der Waals surface area (Å²) >= 11 is 4.74. The lowest BCUT2D eigenvalue weighted by atomic mass is 10.0. The van der Waals surface area contributed by atoms with Crippen LogP contribution in [0.2, 0.25) is 0 Å². The highest BCUT2D eigenvalue weighted by molar-refractivity contribution is 9.10. The number of ketones is 1. The molecule has 0 atom stereocenters. The lowest BCUT2D eigenvalue weighted by Gasteiger charge is -2.03. The van der Waals surface area contributed by atoms with Crippen LogP contribution in [0.25, 0.3) is 11.5 Å². The van der Waals surface area contributed by atoms with Gasteiger partial charge in [0.15, 0.2) is 5.78 Å². The second-order valence-corrected chi connectivity index (χ2v) is 7.68. The van der Waals surface area contributed by atoms with Gasteiger partial charge in [-0.25, -0.2) is 0 Å². The summed E-state index contributed by atoms with van der Waals surface area (Å²) in [7, 11) is 0. The molecule has 3 aromatic rings. The smallest absolute Gasteiger partial charge is 0.277 e. The molecule has 2 aromatic carbocycles. The molecule has 1 heterocycles. The molecule has 0 saturated heterocycles. The number of carbonyl (C=O) groups excluding carboxylic acids is 1. The fraction of sp³-hybridized carbons (Fsp3) is 0.211. The van der Waals surface area contributed by atoms with E-state index in [2.05, 4.69) is 32.2 Å². The predicted octanol–water partition coefficient (Wildman–Crippen LogP) is 4.96. The molecule has 1 aliphatic rings. The van der Waals surface area contributed by atoms with E-state index < -0.39 is 0 Å². The highest BCUT2D eigenvalue weighted by atomic mass is 79.9. The van der Waals surface area contributed by atoms with E-state index in [0.29, 0.717) is 11.1 Å². The highest BCUT2D eigenvalue weighted by Gasteiger charge is 2.16. The minimum atomic E-state index is 0.0836. The van der Waals surface area contributed by atoms with E-state index in [1.807, 2.05) is 36.4 Å². The summed E-state index contributed by atoms with van der Waals surface area (Å²) in [5.74, 6) is 0.816. The average molecular weight is 415 g/mol. The Hall–Kier alpha value is -1.92. The van der Waals surface area contributed by atoms with Crippen LogP contribution in [0, 0.1) is 0 Å². The first-order valence-corrected chi connectivity index (χ1v) is 9.85. The number of halogens is 1. The van der Waals surface area contributed by atoms with Crippen LogP contribution in [0.5, 0.6) is 0 Å². The van der Waals surface area contributed by atoms with E-state index in [1.54, 1.807) is 0 Å². The zero-order valence-electron chi connectivity index (χ0n) is 13.4. The number of rotatable bonds is 5. The summed E-state index contributed by atoms with van der Waals surface area (Å²) in [5.41, 5.74) is 4.29. The van der Waals surface area contributed by atoms with Gasteiger partial charge >= 0.3 is 0 Å². The van der Waals surface area contributed by atoms with Gasteiger partial charge in [-0.3, -0.25) is 4.79 Å². The minimum Gasteiger partial charge on any atom is -0.411 e. The molecule has 0 radical (unpaired) electrons. The predicted molar refractivity (Wildman–Crippen MR) is 101 cm³/mol. The molecule has 0 spiro atoms. The van der Waals surface area contributed by atoms with Gasteiger partial charge in [-0.05, 0) is 64.5 Å². The summed E-state index contributed by atoms with van der Waals surface area (Å²) in [6.45, 7) is 0. The molecule has 126 valence electrons. The van der Waals surface area contributed by atoms with E-state index in [4.69, 9.17) is 4.42 Å². The van der Waals surface area contributed by atoms with Crippen LogP contribution < -0.4 is 0 Å². The molecule has 1 aliphatic carbocycles. The van der Waals surface area contributed by atoms with E-state index in [1.165, 1.54) is 29.3 Å². The molecule has 4 nitrogen and oxygen atoms in total. The van der Waals surface area contributed by atoms with Crippen molar-refractivity contribution in [2.45, 2.75) is 24.5 Å². The van der Waals surface area contributed by atoms with Gasteiger partial charge in [0, 0.05) is 10.0 Å². The van der Waals surface area contributed by atoms with Crippen LogP contribution in [-0.2, 0) is 12.8 Å². The van der Waals surface area contributed by atoms with Crippen molar-refractivity contribution in [2.75, 3.05) is 5.75 Å². The van der Waals surface area contributed by atoms with Crippen molar-refractivity contribution in [3.05, 3.63) is 63.6 Å². The second kappa shape index (κ2) is 7.14. The zero-order chi connectivity index (χ0) is 17.2. The van der Waals surface area contributed by atoms with Crippen molar-refractivity contribution in [1.29, 1.82) is 0 Å². The maximum absolute atomic E-state index is 12.4. The molecule has 6 heteroatoms. The number of nitrogens with zero attached hydrogens (tertiary/aromatic N) is 2. The second-order valence-electron chi connectivity index (χ2n) is 5.90. The van der Waals surface area contributed by atoms with Crippen molar-refractivity contribution in [2.24, 2.45) is 0 Å². The third-order valence-corrected chi connectivity index (χ3v) is 5.77. The number of thioether (sulfide) groups is 1. The van der Waals surface area contributed by atoms with Crippen LogP contribution in [0.3, 0.4) is 0 Å². The van der Waals surface area contributed by atoms with Crippen LogP contribution in [0.15, 0.2) is 56.6 Å². The van der Waals surface area contributed by atoms with Gasteiger partial charge in [-0.15, -0.1) is 10.2 Å². The topological polar surface area (TPSA) is 56.0 Å². The number of carbonyl (C=O) groups is 1. The monoisotopic (exact) mass is 414 g/mol. The molecule has 0 saturated carbocycles. The first-order valence-electron chi connectivity index (χ1n) is 8.07. The van der Waals surface area contributed by atoms with Gasteiger partial charge in [0.2, 0.25) is 5.89 Å². The highest BCUT2D eigenvalue weighted by Crippen LogP contribution is 2.29. The number of fused-ring (bicyclic) bond motifs is 1. The molecule has 0 unspecified atom stereocenters. The van der Waals surface area contributed by atoms with Crippen molar-refractivity contribution in [3.63, 3.8) is 0 Å². The Morgan fingerprint density at radius 1 is 1.12 bits per heavy atom. The van der Waals surface area contributed by atoms with Gasteiger partial charge < -0.3 is 4.42 Å². The normalized spacial score (nSPS) is 13.0. The summed E-state index contributed by atoms with van der Waals surface area (Å²) in [4.78, 5) is 12.4. The van der Waals surface area contributed by atoms with Crippen LogP contribution in [0.1, 0.15) is 27.9 Å². The molecule has 0 N–H and O–H groups in total. The quantitative estimate of drug-likeness (QED) is 0.435. The number of hydrogen-bond donors (Lipinski definition) is 0. The number of hydrogen-bond acceptors (Lipinski definition) is 5. The molecule has 4 rings (SSSR count). The van der Waals surface area contributed by atoms with Crippen LogP contribution >= 0.6 is 27.7 Å². The number of benzene rings is 2. The Labute approximate surface area is 158 Å². The summed E-state index contributed by atoms with van der Waals surface area (Å²) in [6, 6.07) is 13.7. The SMILES string of the molecule is O=C(CSc1nnc(-c2ccccc2Br)o1)c1ccc2c(c1)CCC2. The van der Waals surface area contributed by atoms with Crippen molar-refractivity contribution < 1.29 is 9.21 Å². The Morgan fingerprint density at radius 2 is 1.96 bits per heavy atom. The number of aromatic nitrogens is 2. The molecule has 1 aromatic heterocycles. The van der Waals surface area contributed by atoms with Crippen molar-refractivity contribution in [3.8, 4) is 11.5 Å². The maximum atomic E-state index is 12.4. The molecule has 0 aliphatic heterocycles. The third kappa shape index (κ3) is 3.55. The minimum absolute atomic E-state index is 0.0836. The molecular formula is C19H15BrN2O2S. The van der Waals surface area contributed by atoms with Gasteiger partial charge in [0.25, 0.3) is 5.22 Å². The summed E-state index contributed by atoms with van der Waals surface area (Å²) in [6.07, 6.45) is 3.38. The first-order chi connectivity index (χ1) is 12.2. The van der Waals surface area contributed by atoms with Crippen LogP contribution in [-0.4, -0.2) is 21.7 Å². The van der Waals surface area contributed by atoms with E-state index >= 15 is 0 Å². The average Bonchev–Trinajstić information content (AvgIpc) is 3.28. The standard InChI is InChI=1S/C19H15BrN2O2S/c20-16-7-2-1-6-15(16)18-21-22-19(24-18)25-11-17(23)14-9-8-12-4-3-5-13(12)10-14/h1-2,6-10H,3-5,11H2. The molecular weight excluding hydrogens is 400 g/mol. The van der Waals surface area contributed by atoms with Crippen LogP contribution in [0.4, 0.5) is 0 Å². The Bertz CT molecular complexity index is 939. The lowest BCUT2D eigenvalue weighted by molar-refractivity contribution is 0.102. The Balaban J connectivity index is 1.43. The summed E-state index contributed by atoms with van der Waals surface area (Å²) < 4.78 is 6.56. The van der Waals surface area contributed by atoms with Gasteiger partial charge in [0.1, 0.15) is 0 Å². The Morgan fingerprint density at radius 3 is 2.84 bits per heavy atom. The molecule has 0 bridgehead atoms. The zero-order valence-corrected chi connectivity index (χ0v) is 15.8.